The maximum Gasteiger partial charge on any atom is 0.271 e. The topological polar surface area (TPSA) is 75.0 Å². The summed E-state index contributed by atoms with van der Waals surface area (Å²) in [6.07, 6.45) is 1.56. The second kappa shape index (κ2) is 6.18. The van der Waals surface area contributed by atoms with Crippen molar-refractivity contribution >= 4 is 17.2 Å². The van der Waals surface area contributed by atoms with Crippen LogP contribution in [0.2, 0.25) is 0 Å². The number of amides is 1. The molecule has 0 unspecified atom stereocenters. The van der Waals surface area contributed by atoms with Gasteiger partial charge in [-0.1, -0.05) is 11.8 Å². The van der Waals surface area contributed by atoms with Crippen LogP contribution in [-0.4, -0.2) is 34.6 Å². The van der Waals surface area contributed by atoms with Gasteiger partial charge in [-0.25, -0.2) is 0 Å². The lowest BCUT2D eigenvalue weighted by Gasteiger charge is -2.14. The Morgan fingerprint density at radius 2 is 2.47 bits per heavy atom. The van der Waals surface area contributed by atoms with E-state index < -0.39 is 0 Å². The lowest BCUT2D eigenvalue weighted by molar-refractivity contribution is 0.0780. The van der Waals surface area contributed by atoms with E-state index in [1.54, 1.807) is 35.5 Å². The molecule has 5 nitrogen and oxygen atoms in total. The first-order valence-corrected chi connectivity index (χ1v) is 6.60. The Morgan fingerprint density at radius 3 is 3.16 bits per heavy atom. The van der Waals surface area contributed by atoms with Crippen molar-refractivity contribution in [2.24, 2.45) is 5.73 Å². The maximum absolute atomic E-state index is 12.0. The molecule has 19 heavy (non-hydrogen) atoms. The Balaban J connectivity index is 2.01. The average molecular weight is 274 g/mol. The minimum Gasteiger partial charge on any atom is -0.335 e. The van der Waals surface area contributed by atoms with Gasteiger partial charge in [-0.3, -0.25) is 9.89 Å². The van der Waals surface area contributed by atoms with Crippen molar-refractivity contribution in [2.75, 3.05) is 13.6 Å². The van der Waals surface area contributed by atoms with Crippen LogP contribution in [0.5, 0.6) is 0 Å². The number of nitrogens with zero attached hydrogens (tertiary/aromatic N) is 2. The van der Waals surface area contributed by atoms with Crippen LogP contribution in [0.25, 0.3) is 0 Å². The van der Waals surface area contributed by atoms with Gasteiger partial charge in [0.25, 0.3) is 5.91 Å². The fourth-order valence-electron chi connectivity index (χ4n) is 1.57. The molecule has 98 valence electrons. The first-order chi connectivity index (χ1) is 9.20. The van der Waals surface area contributed by atoms with Crippen LogP contribution in [0.3, 0.4) is 0 Å². The van der Waals surface area contributed by atoms with Crippen molar-refractivity contribution in [3.63, 3.8) is 0 Å². The summed E-state index contributed by atoms with van der Waals surface area (Å²) in [5.74, 6) is 5.69. The van der Waals surface area contributed by atoms with E-state index in [4.69, 9.17) is 5.73 Å². The molecule has 0 bridgehead atoms. The van der Waals surface area contributed by atoms with E-state index in [9.17, 15) is 4.79 Å². The highest BCUT2D eigenvalue weighted by Crippen LogP contribution is 2.16. The van der Waals surface area contributed by atoms with Crippen molar-refractivity contribution in [2.45, 2.75) is 6.54 Å². The summed E-state index contributed by atoms with van der Waals surface area (Å²) in [7, 11) is 1.76. The van der Waals surface area contributed by atoms with Gasteiger partial charge in [-0.15, -0.1) is 11.3 Å². The van der Waals surface area contributed by atoms with Crippen molar-refractivity contribution < 1.29 is 4.79 Å². The monoisotopic (exact) mass is 274 g/mol. The van der Waals surface area contributed by atoms with Crippen molar-refractivity contribution in [1.29, 1.82) is 0 Å². The molecule has 0 aliphatic rings. The Morgan fingerprint density at radius 1 is 1.63 bits per heavy atom. The van der Waals surface area contributed by atoms with Crippen LogP contribution in [0.4, 0.5) is 0 Å². The first-order valence-electron chi connectivity index (χ1n) is 5.72. The standard InChI is InChI=1S/C13H14N4OS/c1-17(13(18)12-4-6-15-16-12)8-11-7-10(9-19-11)3-2-5-14/h4,6-7,9H,5,8,14H2,1H3,(H,15,16). The molecule has 6 heteroatoms. The number of nitrogens with two attached hydrogens (primary N) is 1. The van der Waals surface area contributed by atoms with Crippen LogP contribution >= 0.6 is 11.3 Å². The van der Waals surface area contributed by atoms with Crippen LogP contribution in [0.15, 0.2) is 23.7 Å². The zero-order chi connectivity index (χ0) is 13.7. The van der Waals surface area contributed by atoms with E-state index in [1.165, 1.54) is 0 Å². The number of rotatable bonds is 3. The summed E-state index contributed by atoms with van der Waals surface area (Å²) < 4.78 is 0. The summed E-state index contributed by atoms with van der Waals surface area (Å²) in [4.78, 5) is 14.7. The Kier molecular flexibility index (Phi) is 4.34. The molecule has 2 heterocycles. The fourth-order valence-corrected chi connectivity index (χ4v) is 2.44. The van der Waals surface area contributed by atoms with Gasteiger partial charge < -0.3 is 10.6 Å². The van der Waals surface area contributed by atoms with Crippen molar-refractivity contribution in [1.82, 2.24) is 15.1 Å². The smallest absolute Gasteiger partial charge is 0.271 e. The third-order valence-corrected chi connectivity index (χ3v) is 3.38. The minimum absolute atomic E-state index is 0.0829. The number of carbonyl (C=O) groups excluding carboxylic acids is 1. The molecular weight excluding hydrogens is 260 g/mol. The van der Waals surface area contributed by atoms with Crippen LogP contribution in [0.1, 0.15) is 20.9 Å². The summed E-state index contributed by atoms with van der Waals surface area (Å²) in [5, 5.41) is 8.40. The average Bonchev–Trinajstić information content (AvgIpc) is 3.06. The third kappa shape index (κ3) is 3.44. The molecule has 0 fully saturated rings. The molecule has 0 radical (unpaired) electrons. The van der Waals surface area contributed by atoms with Gasteiger partial charge in [0.15, 0.2) is 0 Å². The molecule has 0 saturated heterocycles. The molecule has 0 aliphatic carbocycles. The largest absolute Gasteiger partial charge is 0.335 e. The number of aromatic amines is 1. The molecule has 1 amide bonds. The van der Waals surface area contributed by atoms with Gasteiger partial charge >= 0.3 is 0 Å². The molecule has 2 rings (SSSR count). The number of hydrogen-bond donors (Lipinski definition) is 2. The van der Waals surface area contributed by atoms with Crippen molar-refractivity contribution in [3.05, 3.63) is 39.8 Å². The van der Waals surface area contributed by atoms with Crippen LogP contribution in [0, 0.1) is 11.8 Å². The van der Waals surface area contributed by atoms with Crippen LogP contribution in [-0.2, 0) is 6.54 Å². The molecule has 0 spiro atoms. The second-order valence-corrected chi connectivity index (χ2v) is 4.93. The first kappa shape index (κ1) is 13.3. The zero-order valence-corrected chi connectivity index (χ0v) is 11.3. The minimum atomic E-state index is -0.0829. The predicted molar refractivity (Wildman–Crippen MR) is 74.6 cm³/mol. The summed E-state index contributed by atoms with van der Waals surface area (Å²) in [6.45, 7) is 0.899. The van der Waals surface area contributed by atoms with E-state index >= 15 is 0 Å². The second-order valence-electron chi connectivity index (χ2n) is 3.94. The molecule has 0 saturated carbocycles. The summed E-state index contributed by atoms with van der Waals surface area (Å²) in [6, 6.07) is 3.63. The number of carbonyl (C=O) groups is 1. The van der Waals surface area contributed by atoms with Gasteiger partial charge in [0.2, 0.25) is 0 Å². The van der Waals surface area contributed by atoms with Crippen LogP contribution < -0.4 is 5.73 Å². The lowest BCUT2D eigenvalue weighted by Crippen LogP contribution is -2.26. The van der Waals surface area contributed by atoms with Gasteiger partial charge in [-0.2, -0.15) is 5.10 Å². The molecule has 2 aromatic rings. The molecule has 0 atom stereocenters. The lowest BCUT2D eigenvalue weighted by atomic mass is 10.3. The van der Waals surface area contributed by atoms with Gasteiger partial charge in [0, 0.05) is 29.1 Å². The predicted octanol–water partition coefficient (Wildman–Crippen LogP) is 1.05. The van der Waals surface area contributed by atoms with Gasteiger partial charge in [0.05, 0.1) is 13.1 Å². The van der Waals surface area contributed by atoms with E-state index in [1.807, 2.05) is 11.4 Å². The quantitative estimate of drug-likeness (QED) is 0.822. The van der Waals surface area contributed by atoms with Gasteiger partial charge in [-0.05, 0) is 12.1 Å². The summed E-state index contributed by atoms with van der Waals surface area (Å²) in [5.41, 5.74) is 6.75. The SMILES string of the molecule is CN(Cc1cc(C#CCN)cs1)C(=O)c1ccn[nH]1. The van der Waals surface area contributed by atoms with E-state index in [0.717, 1.165) is 10.4 Å². The van der Waals surface area contributed by atoms with Crippen molar-refractivity contribution in [3.8, 4) is 11.8 Å². The number of nitrogens with one attached hydrogen (secondary N) is 1. The Labute approximate surface area is 115 Å². The third-order valence-electron chi connectivity index (χ3n) is 2.46. The molecular formula is C13H14N4OS. The Bertz CT molecular complexity index is 606. The maximum atomic E-state index is 12.0. The normalized spacial score (nSPS) is 9.79. The van der Waals surface area contributed by atoms with E-state index in [0.29, 0.717) is 18.8 Å². The highest BCUT2D eigenvalue weighted by Gasteiger charge is 2.13. The highest BCUT2D eigenvalue weighted by atomic mass is 32.1. The molecule has 2 aromatic heterocycles. The number of hydrogen-bond acceptors (Lipinski definition) is 4. The number of H-pyrrole nitrogens is 1. The highest BCUT2D eigenvalue weighted by molar-refractivity contribution is 7.10. The Hall–Kier alpha value is -2.10. The zero-order valence-electron chi connectivity index (χ0n) is 10.5. The fraction of sp³-hybridized carbons (Fsp3) is 0.231. The van der Waals surface area contributed by atoms with Gasteiger partial charge in [0.1, 0.15) is 5.69 Å². The van der Waals surface area contributed by atoms with E-state index in [2.05, 4.69) is 22.0 Å². The molecule has 0 aromatic carbocycles. The molecule has 0 aliphatic heterocycles. The summed E-state index contributed by atoms with van der Waals surface area (Å²) >= 11 is 1.58. The number of aromatic nitrogens is 2. The number of thiophene rings is 1. The van der Waals surface area contributed by atoms with E-state index in [-0.39, 0.29) is 5.91 Å². The molecule has 3 N–H and O–H groups in total.